The predicted molar refractivity (Wildman–Crippen MR) is 79.4 cm³/mol. The maximum absolute atomic E-state index is 14.1. The fourth-order valence-electron chi connectivity index (χ4n) is 2.29. The molecule has 0 atom stereocenters. The van der Waals surface area contributed by atoms with Crippen LogP contribution >= 0.6 is 0 Å². The quantitative estimate of drug-likeness (QED) is 0.529. The van der Waals surface area contributed by atoms with Crippen LogP contribution in [0.5, 0.6) is 11.5 Å². The van der Waals surface area contributed by atoms with Crippen molar-refractivity contribution < 1.29 is 31.3 Å². The van der Waals surface area contributed by atoms with Crippen LogP contribution in [0.25, 0.3) is 0 Å². The summed E-state index contributed by atoms with van der Waals surface area (Å²) in [4.78, 5) is 0. The molecule has 1 aromatic rings. The van der Waals surface area contributed by atoms with Gasteiger partial charge in [0.15, 0.2) is 11.5 Å². The van der Waals surface area contributed by atoms with Crippen LogP contribution in [-0.4, -0.2) is 58.1 Å². The summed E-state index contributed by atoms with van der Waals surface area (Å²) >= 11 is 0. The Bertz CT molecular complexity index is 616. The standard InChI is InChI=1S/C14H22FNO5S/c1-16(2,8-5-9-22(17,18)19)10-11-12(15)6-7-13(20-3)14(11)21-4/h6-7H,5,8-10H2,1-4H3. The molecule has 1 rings (SSSR count). The van der Waals surface area contributed by atoms with Gasteiger partial charge in [-0.15, -0.1) is 0 Å². The molecule has 0 aromatic heterocycles. The Hall–Kier alpha value is -1.38. The highest BCUT2D eigenvalue weighted by Crippen LogP contribution is 2.34. The monoisotopic (exact) mass is 335 g/mol. The van der Waals surface area contributed by atoms with Gasteiger partial charge in [-0.05, 0) is 12.1 Å². The van der Waals surface area contributed by atoms with Gasteiger partial charge in [0, 0.05) is 12.2 Å². The zero-order chi connectivity index (χ0) is 17.0. The molecule has 0 bridgehead atoms. The molecule has 0 aliphatic heterocycles. The lowest BCUT2D eigenvalue weighted by atomic mass is 10.1. The first-order valence-corrected chi connectivity index (χ1v) is 8.32. The van der Waals surface area contributed by atoms with Crippen molar-refractivity contribution in [2.24, 2.45) is 0 Å². The van der Waals surface area contributed by atoms with E-state index in [0.717, 1.165) is 0 Å². The summed E-state index contributed by atoms with van der Waals surface area (Å²) in [5, 5.41) is 0. The Morgan fingerprint density at radius 3 is 2.36 bits per heavy atom. The lowest BCUT2D eigenvalue weighted by Crippen LogP contribution is -2.40. The first kappa shape index (κ1) is 18.7. The molecule has 6 nitrogen and oxygen atoms in total. The molecule has 0 heterocycles. The molecule has 0 amide bonds. The molecule has 0 saturated carbocycles. The van der Waals surface area contributed by atoms with Gasteiger partial charge in [-0.1, -0.05) is 0 Å². The van der Waals surface area contributed by atoms with Crippen molar-refractivity contribution in [3.05, 3.63) is 23.5 Å². The largest absolute Gasteiger partial charge is 0.748 e. The molecule has 0 fully saturated rings. The summed E-state index contributed by atoms with van der Waals surface area (Å²) < 4.78 is 56.8. The molecule has 8 heteroatoms. The van der Waals surface area contributed by atoms with Crippen LogP contribution < -0.4 is 9.47 Å². The summed E-state index contributed by atoms with van der Waals surface area (Å²) in [6.45, 7) is 0.701. The maximum Gasteiger partial charge on any atom is 0.172 e. The second-order valence-corrected chi connectivity index (χ2v) is 7.22. The Morgan fingerprint density at radius 1 is 1.23 bits per heavy atom. The van der Waals surface area contributed by atoms with Gasteiger partial charge in [-0.3, -0.25) is 0 Å². The van der Waals surface area contributed by atoms with Crippen molar-refractivity contribution >= 4 is 10.1 Å². The highest BCUT2D eigenvalue weighted by molar-refractivity contribution is 7.85. The minimum Gasteiger partial charge on any atom is -0.748 e. The molecule has 0 aliphatic rings. The number of benzene rings is 1. The second kappa shape index (κ2) is 7.26. The van der Waals surface area contributed by atoms with Crippen molar-refractivity contribution in [2.75, 3.05) is 40.6 Å². The van der Waals surface area contributed by atoms with E-state index in [-0.39, 0.29) is 13.0 Å². The Labute approximate surface area is 130 Å². The SMILES string of the molecule is COc1ccc(F)c(C[N+](C)(C)CCCS(=O)(=O)[O-])c1OC. The number of methoxy groups -OCH3 is 2. The molecule has 0 spiro atoms. The number of ether oxygens (including phenoxy) is 2. The molecular weight excluding hydrogens is 313 g/mol. The van der Waals surface area contributed by atoms with Gasteiger partial charge in [0.25, 0.3) is 0 Å². The van der Waals surface area contributed by atoms with Crippen LogP contribution in [0.3, 0.4) is 0 Å². The molecule has 22 heavy (non-hydrogen) atoms. The van der Waals surface area contributed by atoms with Crippen LogP contribution in [0.1, 0.15) is 12.0 Å². The van der Waals surface area contributed by atoms with Crippen molar-refractivity contribution in [1.82, 2.24) is 0 Å². The van der Waals surface area contributed by atoms with Crippen LogP contribution in [0.2, 0.25) is 0 Å². The van der Waals surface area contributed by atoms with Gasteiger partial charge in [0.2, 0.25) is 0 Å². The van der Waals surface area contributed by atoms with E-state index in [9.17, 15) is 17.4 Å². The molecule has 0 saturated heterocycles. The highest BCUT2D eigenvalue weighted by Gasteiger charge is 2.24. The minimum absolute atomic E-state index is 0.215. The average Bonchev–Trinajstić information content (AvgIpc) is 2.38. The maximum atomic E-state index is 14.1. The van der Waals surface area contributed by atoms with Crippen molar-refractivity contribution in [3.8, 4) is 11.5 Å². The van der Waals surface area contributed by atoms with Gasteiger partial charge in [-0.25, -0.2) is 12.8 Å². The lowest BCUT2D eigenvalue weighted by molar-refractivity contribution is -0.903. The normalized spacial score (nSPS) is 12.3. The second-order valence-electron chi connectivity index (χ2n) is 5.69. The van der Waals surface area contributed by atoms with E-state index < -0.39 is 21.7 Å². The molecule has 126 valence electrons. The fraction of sp³-hybridized carbons (Fsp3) is 0.571. The number of hydrogen-bond donors (Lipinski definition) is 0. The smallest absolute Gasteiger partial charge is 0.172 e. The van der Waals surface area contributed by atoms with Crippen LogP contribution in [0.4, 0.5) is 4.39 Å². The molecular formula is C14H22FNO5S. The molecule has 1 aromatic carbocycles. The van der Waals surface area contributed by atoms with Gasteiger partial charge in [0.05, 0.1) is 50.5 Å². The molecule has 0 unspecified atom stereocenters. The zero-order valence-corrected chi connectivity index (χ0v) is 14.1. The fourth-order valence-corrected chi connectivity index (χ4v) is 2.77. The lowest BCUT2D eigenvalue weighted by Gasteiger charge is -2.31. The van der Waals surface area contributed by atoms with E-state index >= 15 is 0 Å². The van der Waals surface area contributed by atoms with Gasteiger partial charge in [-0.2, -0.15) is 0 Å². The van der Waals surface area contributed by atoms with Gasteiger partial charge >= 0.3 is 0 Å². The number of rotatable bonds is 8. The average molecular weight is 335 g/mol. The third-order valence-corrected chi connectivity index (χ3v) is 4.12. The predicted octanol–water partition coefficient (Wildman–Crippen LogP) is 1.35. The Morgan fingerprint density at radius 2 is 1.86 bits per heavy atom. The van der Waals surface area contributed by atoms with E-state index in [4.69, 9.17) is 9.47 Å². The summed E-state index contributed by atoms with van der Waals surface area (Å²) in [6, 6.07) is 2.79. The van der Waals surface area contributed by atoms with Crippen molar-refractivity contribution in [1.29, 1.82) is 0 Å². The van der Waals surface area contributed by atoms with Gasteiger partial charge in [0.1, 0.15) is 12.4 Å². The van der Waals surface area contributed by atoms with Gasteiger partial charge < -0.3 is 18.5 Å². The first-order valence-electron chi connectivity index (χ1n) is 6.74. The third kappa shape index (κ3) is 5.43. The van der Waals surface area contributed by atoms with E-state index in [2.05, 4.69) is 0 Å². The highest BCUT2D eigenvalue weighted by atomic mass is 32.2. The number of halogens is 1. The first-order chi connectivity index (χ1) is 10.1. The van der Waals surface area contributed by atoms with Crippen molar-refractivity contribution in [3.63, 3.8) is 0 Å². The Balaban J connectivity index is 2.92. The summed E-state index contributed by atoms with van der Waals surface area (Å²) in [5.74, 6) is -0.0849. The summed E-state index contributed by atoms with van der Waals surface area (Å²) in [6.07, 6.45) is 0.215. The van der Waals surface area contributed by atoms with Crippen molar-refractivity contribution in [2.45, 2.75) is 13.0 Å². The van der Waals surface area contributed by atoms with Crippen LogP contribution in [0.15, 0.2) is 12.1 Å². The number of quaternary nitrogens is 1. The zero-order valence-electron chi connectivity index (χ0n) is 13.3. The molecule has 0 radical (unpaired) electrons. The van der Waals surface area contributed by atoms with E-state index in [1.165, 1.54) is 26.4 Å². The minimum atomic E-state index is -4.23. The Kier molecular flexibility index (Phi) is 6.16. The summed E-state index contributed by atoms with van der Waals surface area (Å²) in [5.41, 5.74) is 0.358. The van der Waals surface area contributed by atoms with Crippen LogP contribution in [-0.2, 0) is 16.7 Å². The van der Waals surface area contributed by atoms with E-state index in [1.807, 2.05) is 14.1 Å². The third-order valence-electron chi connectivity index (χ3n) is 3.34. The van der Waals surface area contributed by atoms with E-state index in [0.29, 0.717) is 28.1 Å². The number of nitrogens with zero attached hydrogens (tertiary/aromatic N) is 1. The molecule has 0 aliphatic carbocycles. The topological polar surface area (TPSA) is 75.7 Å². The summed E-state index contributed by atoms with van der Waals surface area (Å²) in [7, 11) is 2.33. The van der Waals surface area contributed by atoms with Crippen LogP contribution in [0, 0.1) is 5.82 Å². The number of hydrogen-bond acceptors (Lipinski definition) is 5. The molecule has 0 N–H and O–H groups in total. The van der Waals surface area contributed by atoms with E-state index in [1.54, 1.807) is 0 Å².